The van der Waals surface area contributed by atoms with Gasteiger partial charge in [0.05, 0.1) is 12.1 Å². The molecule has 0 aromatic carbocycles. The number of H-pyrrole nitrogens is 1. The summed E-state index contributed by atoms with van der Waals surface area (Å²) in [4.78, 5) is 23.0. The second-order valence-electron chi connectivity index (χ2n) is 5.55. The van der Waals surface area contributed by atoms with Crippen LogP contribution >= 0.6 is 11.8 Å². The second kappa shape index (κ2) is 8.72. The first-order chi connectivity index (χ1) is 10.7. The van der Waals surface area contributed by atoms with E-state index in [0.29, 0.717) is 23.9 Å². The molecule has 3 rings (SSSR count). The Hall–Kier alpha value is -1.03. The zero-order valence-corrected chi connectivity index (χ0v) is 15.4. The zero-order valence-electron chi connectivity index (χ0n) is 12.4. The maximum atomic E-state index is 11.7. The number of rotatable bonds is 7. The van der Waals surface area contributed by atoms with Crippen molar-refractivity contribution in [2.24, 2.45) is 0 Å². The van der Waals surface area contributed by atoms with E-state index in [9.17, 15) is 9.59 Å². The third-order valence-corrected chi connectivity index (χ3v) is 5.47. The van der Waals surface area contributed by atoms with Gasteiger partial charge in [0.25, 0.3) is 0 Å². The first-order valence-corrected chi connectivity index (χ1v) is 8.50. The number of nitrogens with one attached hydrogen (secondary N) is 4. The Labute approximate surface area is 154 Å². The molecule has 3 heterocycles. The fraction of sp³-hybridized carbons (Fsp3) is 0.692. The van der Waals surface area contributed by atoms with Gasteiger partial charge < -0.3 is 27.2 Å². The summed E-state index contributed by atoms with van der Waals surface area (Å²) in [5.74, 6) is 0.999. The topological polar surface area (TPSA) is 112 Å². The van der Waals surface area contributed by atoms with Gasteiger partial charge in [-0.3, -0.25) is 9.89 Å². The van der Waals surface area contributed by atoms with Gasteiger partial charge in [0.15, 0.2) is 0 Å². The quantitative estimate of drug-likeness (QED) is 0.174. The van der Waals surface area contributed by atoms with Gasteiger partial charge in [-0.15, -0.1) is 10.9 Å². The molecule has 2 aliphatic heterocycles. The van der Waals surface area contributed by atoms with Crippen molar-refractivity contribution in [3.05, 3.63) is 11.9 Å². The third-order valence-electron chi connectivity index (χ3n) is 3.96. The number of carbonyl (C=O) groups is 2. The summed E-state index contributed by atoms with van der Waals surface area (Å²) in [5, 5.41) is 18.9. The van der Waals surface area contributed by atoms with Crippen LogP contribution in [0.15, 0.2) is 0 Å². The normalized spacial score (nSPS) is 25.2. The maximum absolute atomic E-state index is 11.7. The molecule has 3 atom stereocenters. The summed E-state index contributed by atoms with van der Waals surface area (Å²) in [6, 6.07) is 0.463. The smallest absolute Gasteiger partial charge is 0.353 e. The van der Waals surface area contributed by atoms with E-state index in [1.807, 2.05) is 11.8 Å². The van der Waals surface area contributed by atoms with Crippen molar-refractivity contribution in [3.8, 4) is 0 Å². The molecular weight excluding hydrogens is 501 g/mol. The van der Waals surface area contributed by atoms with E-state index >= 15 is 0 Å². The molecular formula is C13H19AuN6O2S. The van der Waals surface area contributed by atoms with Crippen LogP contribution in [0.25, 0.3) is 0 Å². The number of fused-ring (bicyclic) bond motifs is 1. The van der Waals surface area contributed by atoms with Crippen molar-refractivity contribution >= 4 is 23.7 Å². The number of hydrogen-bond donors (Lipinski definition) is 4. The molecule has 0 saturated carbocycles. The SMILES string of the molecule is O=C(CCCC[C@@H]1SC[C@@H]2NC(=O)N[C@@H]21)NCc1[c-]nn[nH]1.[Au+]. The summed E-state index contributed by atoms with van der Waals surface area (Å²) < 4.78 is 0. The molecule has 3 amide bonds. The molecule has 4 N–H and O–H groups in total. The zero-order chi connectivity index (χ0) is 15.4. The average molecular weight is 520 g/mol. The number of urea groups is 1. The van der Waals surface area contributed by atoms with Gasteiger partial charge in [-0.05, 0) is 12.8 Å². The molecule has 0 unspecified atom stereocenters. The van der Waals surface area contributed by atoms with Gasteiger partial charge in [0.2, 0.25) is 5.91 Å². The van der Waals surface area contributed by atoms with Crippen molar-refractivity contribution < 1.29 is 32.0 Å². The van der Waals surface area contributed by atoms with Crippen LogP contribution in [0.2, 0.25) is 0 Å². The van der Waals surface area contributed by atoms with Crippen molar-refractivity contribution in [1.29, 1.82) is 0 Å². The Balaban J connectivity index is 0.00000192. The van der Waals surface area contributed by atoms with E-state index in [0.717, 1.165) is 25.0 Å². The van der Waals surface area contributed by atoms with E-state index in [1.165, 1.54) is 0 Å². The molecule has 2 fully saturated rings. The Kier molecular flexibility index (Phi) is 6.94. The predicted molar refractivity (Wildman–Crippen MR) is 81.0 cm³/mol. The molecule has 1 aromatic heterocycles. The van der Waals surface area contributed by atoms with Gasteiger partial charge in [-0.25, -0.2) is 4.79 Å². The number of thioether (sulfide) groups is 1. The molecule has 10 heteroatoms. The van der Waals surface area contributed by atoms with E-state index in [-0.39, 0.29) is 46.4 Å². The molecule has 0 bridgehead atoms. The van der Waals surface area contributed by atoms with Crippen LogP contribution in [0.3, 0.4) is 0 Å². The minimum atomic E-state index is -0.0511. The van der Waals surface area contributed by atoms with Crippen LogP contribution in [0.1, 0.15) is 31.4 Å². The van der Waals surface area contributed by atoms with Gasteiger partial charge in [-0.2, -0.15) is 11.8 Å². The number of nitrogens with zero attached hydrogens (tertiary/aromatic N) is 2. The molecule has 0 spiro atoms. The molecule has 23 heavy (non-hydrogen) atoms. The third kappa shape index (κ3) is 4.97. The van der Waals surface area contributed by atoms with E-state index in [1.54, 1.807) is 0 Å². The van der Waals surface area contributed by atoms with Crippen molar-refractivity contribution in [3.63, 3.8) is 0 Å². The Morgan fingerprint density at radius 2 is 2.26 bits per heavy atom. The number of aromatic amines is 1. The van der Waals surface area contributed by atoms with E-state index in [2.05, 4.69) is 37.6 Å². The molecule has 130 valence electrons. The van der Waals surface area contributed by atoms with Crippen molar-refractivity contribution in [1.82, 2.24) is 31.4 Å². The van der Waals surface area contributed by atoms with Crippen LogP contribution in [-0.2, 0) is 33.7 Å². The van der Waals surface area contributed by atoms with Gasteiger partial charge >= 0.3 is 28.4 Å². The molecule has 2 saturated heterocycles. The summed E-state index contributed by atoms with van der Waals surface area (Å²) in [6.45, 7) is 0.381. The molecule has 1 aromatic rings. The summed E-state index contributed by atoms with van der Waals surface area (Å²) >= 11 is 1.90. The summed E-state index contributed by atoms with van der Waals surface area (Å²) in [5.41, 5.74) is 0.672. The minimum absolute atomic E-state index is 0. The Morgan fingerprint density at radius 3 is 3.04 bits per heavy atom. The first-order valence-electron chi connectivity index (χ1n) is 7.45. The number of aromatic nitrogens is 3. The average Bonchev–Trinajstić information content (AvgIpc) is 3.19. The molecule has 0 radical (unpaired) electrons. The van der Waals surface area contributed by atoms with Crippen LogP contribution < -0.4 is 16.0 Å². The van der Waals surface area contributed by atoms with Gasteiger partial charge in [0.1, 0.15) is 0 Å². The largest absolute Gasteiger partial charge is 1.00 e. The van der Waals surface area contributed by atoms with Crippen LogP contribution in [0.5, 0.6) is 0 Å². The van der Waals surface area contributed by atoms with Gasteiger partial charge in [0, 0.05) is 24.0 Å². The van der Waals surface area contributed by atoms with Crippen LogP contribution in [0, 0.1) is 6.20 Å². The number of carbonyl (C=O) groups excluding carboxylic acids is 2. The summed E-state index contributed by atoms with van der Waals surface area (Å²) in [6.07, 6.45) is 6.03. The number of hydrogen-bond acceptors (Lipinski definition) is 5. The molecule has 0 aliphatic carbocycles. The Bertz CT molecular complexity index is 529. The molecule has 8 nitrogen and oxygen atoms in total. The van der Waals surface area contributed by atoms with Crippen LogP contribution in [-0.4, -0.2) is 50.4 Å². The number of amides is 3. The monoisotopic (exact) mass is 520 g/mol. The number of unbranched alkanes of at least 4 members (excludes halogenated alkanes) is 1. The first kappa shape index (κ1) is 18.3. The second-order valence-corrected chi connectivity index (χ2v) is 6.82. The standard InChI is InChI=1S/C13H19N6O2S.Au/c20-11(14-5-8-6-15-19-18-8)4-2-1-3-10-12-9(7-22-10)16-13(21)17-12;/h9-10,12H,1-5,7H2,(H,14,20)(H,15,18,19)(H2,16,17,21);/q-1;+1/t9-,10-,12-;/m0./s1. The van der Waals surface area contributed by atoms with Gasteiger partial charge in [-0.1, -0.05) is 6.42 Å². The molecule has 2 aliphatic rings. The van der Waals surface area contributed by atoms with Crippen molar-refractivity contribution in [2.45, 2.75) is 49.6 Å². The summed E-state index contributed by atoms with van der Waals surface area (Å²) in [7, 11) is 0. The van der Waals surface area contributed by atoms with Crippen molar-refractivity contribution in [2.75, 3.05) is 5.75 Å². The minimum Gasteiger partial charge on any atom is -0.353 e. The maximum Gasteiger partial charge on any atom is 1.00 e. The fourth-order valence-electron chi connectivity index (χ4n) is 2.82. The fourth-order valence-corrected chi connectivity index (χ4v) is 4.37. The van der Waals surface area contributed by atoms with Crippen LogP contribution in [0.4, 0.5) is 4.79 Å². The predicted octanol–water partition coefficient (Wildman–Crippen LogP) is -0.0556. The van der Waals surface area contributed by atoms with E-state index < -0.39 is 0 Å². The Morgan fingerprint density at radius 1 is 1.39 bits per heavy atom. The van der Waals surface area contributed by atoms with E-state index in [4.69, 9.17) is 0 Å².